The molecule has 11 heteroatoms. The number of anilines is 2. The second-order valence-corrected chi connectivity index (χ2v) is 12.3. The number of fused-ring (bicyclic) bond motifs is 2. The Morgan fingerprint density at radius 2 is 1.82 bits per heavy atom. The van der Waals surface area contributed by atoms with E-state index < -0.39 is 6.67 Å². The van der Waals surface area contributed by atoms with Crippen LogP contribution in [0.15, 0.2) is 48.6 Å². The second-order valence-electron chi connectivity index (χ2n) is 11.9. The number of hydrogen-bond acceptors (Lipinski definition) is 8. The van der Waals surface area contributed by atoms with Gasteiger partial charge in [0.05, 0.1) is 23.3 Å². The first-order valence-corrected chi connectivity index (χ1v) is 16.2. The fourth-order valence-electron chi connectivity index (χ4n) is 6.55. The molecular formula is C34H39ClFN7O2. The van der Waals surface area contributed by atoms with Crippen LogP contribution in [0, 0.1) is 11.3 Å². The van der Waals surface area contributed by atoms with Gasteiger partial charge in [0.2, 0.25) is 5.91 Å². The monoisotopic (exact) mass is 631 g/mol. The smallest absolute Gasteiger partial charge is 0.318 e. The summed E-state index contributed by atoms with van der Waals surface area (Å²) in [6.07, 6.45) is 7.12. The quantitative estimate of drug-likeness (QED) is 0.315. The first-order valence-electron chi connectivity index (χ1n) is 15.8. The number of ether oxygens (including phenoxy) is 1. The van der Waals surface area contributed by atoms with Crippen LogP contribution in [-0.2, 0) is 17.8 Å². The molecule has 0 N–H and O–H groups in total. The first-order chi connectivity index (χ1) is 22.0. The van der Waals surface area contributed by atoms with Crippen molar-refractivity contribution in [1.82, 2.24) is 19.8 Å². The van der Waals surface area contributed by atoms with Crippen molar-refractivity contribution in [3.8, 4) is 12.1 Å². The summed E-state index contributed by atoms with van der Waals surface area (Å²) in [5.74, 6) is 0.760. The molecule has 0 spiro atoms. The molecule has 3 aliphatic heterocycles. The zero-order chi connectivity index (χ0) is 31.3. The SMILES string of the molecule is CC#N.O=C(/C=C/CF)N1CCN(c2nc(OCC3CCN3C3CC3)nc3c2CCN(c2cccc4cccc(Cl)c24)C3)CC1. The number of carbonyl (C=O) groups excluding carboxylic acids is 1. The first kappa shape index (κ1) is 31.1. The predicted molar refractivity (Wildman–Crippen MR) is 175 cm³/mol. The molecule has 7 rings (SSSR count). The molecule has 1 aliphatic carbocycles. The molecule has 4 aliphatic rings. The van der Waals surface area contributed by atoms with Crippen LogP contribution in [0.5, 0.6) is 6.01 Å². The van der Waals surface area contributed by atoms with Crippen molar-refractivity contribution in [1.29, 1.82) is 5.26 Å². The van der Waals surface area contributed by atoms with Crippen molar-refractivity contribution >= 4 is 39.8 Å². The second kappa shape index (κ2) is 14.0. The Morgan fingerprint density at radius 1 is 1.07 bits per heavy atom. The molecule has 1 saturated carbocycles. The van der Waals surface area contributed by atoms with Crippen molar-refractivity contribution in [3.05, 3.63) is 64.8 Å². The van der Waals surface area contributed by atoms with Gasteiger partial charge in [0, 0.05) is 81.0 Å². The van der Waals surface area contributed by atoms with Gasteiger partial charge in [-0.3, -0.25) is 9.69 Å². The Hall–Kier alpha value is -3.94. The highest BCUT2D eigenvalue weighted by molar-refractivity contribution is 6.36. The van der Waals surface area contributed by atoms with E-state index in [1.165, 1.54) is 31.9 Å². The van der Waals surface area contributed by atoms with Crippen LogP contribution in [-0.4, -0.2) is 90.3 Å². The van der Waals surface area contributed by atoms with Crippen LogP contribution < -0.4 is 14.5 Å². The summed E-state index contributed by atoms with van der Waals surface area (Å²) in [5.41, 5.74) is 3.22. The molecular weight excluding hydrogens is 593 g/mol. The number of carbonyl (C=O) groups is 1. The Bertz CT molecular complexity index is 1590. The number of aromatic nitrogens is 2. The van der Waals surface area contributed by atoms with Crippen molar-refractivity contribution < 1.29 is 13.9 Å². The molecule has 1 unspecified atom stereocenters. The lowest BCUT2D eigenvalue weighted by molar-refractivity contribution is -0.126. The third kappa shape index (κ3) is 6.85. The molecule has 9 nitrogen and oxygen atoms in total. The third-order valence-corrected chi connectivity index (χ3v) is 9.36. The average molecular weight is 632 g/mol. The minimum absolute atomic E-state index is 0.147. The molecule has 236 valence electrons. The summed E-state index contributed by atoms with van der Waals surface area (Å²) >= 11 is 6.69. The van der Waals surface area contributed by atoms with E-state index in [4.69, 9.17) is 31.6 Å². The zero-order valence-corrected chi connectivity index (χ0v) is 26.4. The van der Waals surface area contributed by atoms with Crippen molar-refractivity contribution in [2.75, 3.05) is 62.3 Å². The van der Waals surface area contributed by atoms with Crippen molar-refractivity contribution in [3.63, 3.8) is 0 Å². The highest BCUT2D eigenvalue weighted by atomic mass is 35.5. The number of nitriles is 1. The third-order valence-electron chi connectivity index (χ3n) is 9.05. The standard InChI is InChI=1S/C32H36ClFN6O2.C2H3N/c33-26-6-1-4-22-5-2-7-28(30(22)26)39-14-12-25-27(20-39)35-32(42-21-24-11-15-40(24)23-9-10-23)36-31(25)38-18-16-37(17-19-38)29(41)8-3-13-34;1-2-3/h1-8,23-24H,9-21H2;1H3/b8-3+;. The molecule has 0 radical (unpaired) electrons. The fourth-order valence-corrected chi connectivity index (χ4v) is 6.83. The minimum atomic E-state index is -0.636. The maximum absolute atomic E-state index is 12.5. The molecule has 1 aromatic heterocycles. The number of amides is 1. The van der Waals surface area contributed by atoms with Crippen molar-refractivity contribution in [2.45, 2.75) is 51.2 Å². The van der Waals surface area contributed by atoms with Gasteiger partial charge >= 0.3 is 6.01 Å². The van der Waals surface area contributed by atoms with E-state index in [0.29, 0.717) is 51.4 Å². The molecule has 3 aromatic rings. The van der Waals surface area contributed by atoms with E-state index in [1.54, 1.807) is 11.0 Å². The van der Waals surface area contributed by atoms with E-state index in [0.717, 1.165) is 70.5 Å². The minimum Gasteiger partial charge on any atom is -0.462 e. The zero-order valence-electron chi connectivity index (χ0n) is 25.7. The van der Waals surface area contributed by atoms with Gasteiger partial charge in [0.25, 0.3) is 0 Å². The van der Waals surface area contributed by atoms with E-state index in [-0.39, 0.29) is 5.91 Å². The summed E-state index contributed by atoms with van der Waals surface area (Å²) in [4.78, 5) is 31.3. The van der Waals surface area contributed by atoms with Crippen LogP contribution in [0.4, 0.5) is 15.9 Å². The molecule has 0 bridgehead atoms. The Kier molecular flexibility index (Phi) is 9.67. The van der Waals surface area contributed by atoms with E-state index in [9.17, 15) is 9.18 Å². The van der Waals surface area contributed by atoms with Crippen molar-refractivity contribution in [2.24, 2.45) is 0 Å². The molecule has 45 heavy (non-hydrogen) atoms. The Morgan fingerprint density at radius 3 is 2.51 bits per heavy atom. The van der Waals surface area contributed by atoms with Gasteiger partial charge < -0.3 is 19.4 Å². The van der Waals surface area contributed by atoms with Gasteiger partial charge in [-0.25, -0.2) is 4.39 Å². The number of nitrogens with zero attached hydrogens (tertiary/aromatic N) is 7. The maximum atomic E-state index is 12.5. The molecule has 1 atom stereocenters. The van der Waals surface area contributed by atoms with Crippen LogP contribution in [0.1, 0.15) is 37.4 Å². The molecule has 3 fully saturated rings. The van der Waals surface area contributed by atoms with Gasteiger partial charge in [0.15, 0.2) is 0 Å². The highest BCUT2D eigenvalue weighted by Crippen LogP contribution is 2.38. The lowest BCUT2D eigenvalue weighted by atomic mass is 10.0. The van der Waals surface area contributed by atoms with Crippen LogP contribution in [0.25, 0.3) is 10.8 Å². The average Bonchev–Trinajstić information content (AvgIpc) is 3.87. The normalized spacial score (nSPS) is 19.9. The predicted octanol–water partition coefficient (Wildman–Crippen LogP) is 5.17. The van der Waals surface area contributed by atoms with E-state index >= 15 is 0 Å². The molecule has 2 aromatic carbocycles. The summed E-state index contributed by atoms with van der Waals surface area (Å²) in [5, 5.41) is 10.2. The van der Waals surface area contributed by atoms with Gasteiger partial charge in [-0.05, 0) is 49.3 Å². The lowest BCUT2D eigenvalue weighted by Gasteiger charge is -2.41. The molecule has 1 amide bonds. The highest BCUT2D eigenvalue weighted by Gasteiger charge is 2.40. The summed E-state index contributed by atoms with van der Waals surface area (Å²) in [7, 11) is 0. The number of likely N-dealkylation sites (tertiary alicyclic amines) is 1. The molecule has 2 saturated heterocycles. The van der Waals surface area contributed by atoms with Gasteiger partial charge in [-0.2, -0.15) is 15.2 Å². The van der Waals surface area contributed by atoms with E-state index in [2.05, 4.69) is 39.0 Å². The van der Waals surface area contributed by atoms with Gasteiger partial charge in [-0.15, -0.1) is 0 Å². The topological polar surface area (TPSA) is 88.8 Å². The maximum Gasteiger partial charge on any atom is 0.318 e. The number of halogens is 2. The number of benzene rings is 2. The number of rotatable bonds is 8. The van der Waals surface area contributed by atoms with Gasteiger partial charge in [0.1, 0.15) is 19.1 Å². The number of allylic oxidation sites excluding steroid dienone is 1. The Labute approximate surface area is 268 Å². The molecule has 4 heterocycles. The van der Waals surface area contributed by atoms with Crippen LogP contribution in [0.2, 0.25) is 5.02 Å². The number of hydrogen-bond donors (Lipinski definition) is 0. The Balaban J connectivity index is 0.00000115. The van der Waals surface area contributed by atoms with E-state index in [1.807, 2.05) is 12.1 Å². The number of alkyl halides is 1. The largest absolute Gasteiger partial charge is 0.462 e. The summed E-state index contributed by atoms with van der Waals surface area (Å²) in [6, 6.07) is 15.7. The van der Waals surface area contributed by atoms with Crippen LogP contribution in [0.3, 0.4) is 0 Å². The number of piperazine rings is 1. The summed E-state index contributed by atoms with van der Waals surface area (Å²) in [6.45, 7) is 6.42. The van der Waals surface area contributed by atoms with Crippen LogP contribution >= 0.6 is 11.6 Å². The fraction of sp³-hybridized carbons (Fsp3) is 0.471. The summed E-state index contributed by atoms with van der Waals surface area (Å²) < 4.78 is 18.8. The van der Waals surface area contributed by atoms with Gasteiger partial charge in [-0.1, -0.05) is 35.9 Å². The lowest BCUT2D eigenvalue weighted by Crippen LogP contribution is -2.52.